The number of primary amides is 1. The average Bonchev–Trinajstić information content (AvgIpc) is 1.57. The number of thiophene rings is 1. The fraction of sp³-hybridized carbons (Fsp3) is 0.556. The van der Waals surface area contributed by atoms with E-state index in [4.69, 9.17) is 11.5 Å². The molecule has 0 spiro atoms. The van der Waals surface area contributed by atoms with E-state index in [1.165, 1.54) is 35.6 Å². The van der Waals surface area contributed by atoms with Crippen molar-refractivity contribution in [3.8, 4) is 5.75 Å². The molecular formula is C63H87N15O16S5. The van der Waals surface area contributed by atoms with Gasteiger partial charge in [-0.25, -0.2) is 0 Å². The minimum Gasteiger partial charge on any atom is -0.508 e. The van der Waals surface area contributed by atoms with Crippen molar-refractivity contribution in [2.45, 2.75) is 158 Å². The molecular weight excluding hydrogens is 1380 g/mol. The van der Waals surface area contributed by atoms with Gasteiger partial charge in [0.1, 0.15) is 72.2 Å². The first-order valence-electron chi connectivity index (χ1n) is 32.4. The zero-order chi connectivity index (χ0) is 72.0. The van der Waals surface area contributed by atoms with Gasteiger partial charge in [0.2, 0.25) is 82.7 Å². The lowest BCUT2D eigenvalue weighted by Crippen LogP contribution is -2.61. The number of rotatable bonds is 18. The molecule has 14 amide bonds. The third-order valence-electron chi connectivity index (χ3n) is 16.5. The molecule has 4 aliphatic heterocycles. The lowest BCUT2D eigenvalue weighted by Gasteiger charge is -2.31. The number of nitrogens with one attached hydrogen (secondary N) is 12. The summed E-state index contributed by atoms with van der Waals surface area (Å²) in [7, 11) is 3.71. The number of benzene rings is 2. The molecule has 18 N–H and O–H groups in total. The first kappa shape index (κ1) is 78.4. The van der Waals surface area contributed by atoms with Crippen LogP contribution in [0.25, 0.3) is 10.1 Å². The predicted molar refractivity (Wildman–Crippen MR) is 374 cm³/mol. The van der Waals surface area contributed by atoms with Crippen molar-refractivity contribution in [1.29, 1.82) is 0 Å². The number of nitrogens with zero attached hydrogens (tertiary/aromatic N) is 1. The monoisotopic (exact) mass is 1470 g/mol. The van der Waals surface area contributed by atoms with E-state index in [1.807, 2.05) is 18.2 Å². The molecule has 4 aliphatic rings. The molecule has 5 heterocycles. The molecule has 36 heteroatoms. The Morgan fingerprint density at radius 1 is 0.667 bits per heavy atom. The van der Waals surface area contributed by atoms with Crippen LogP contribution in [-0.4, -0.2) is 220 Å². The number of hydrogen-bond donors (Lipinski definition) is 16. The van der Waals surface area contributed by atoms with Crippen LogP contribution >= 0.6 is 54.5 Å². The molecule has 99 heavy (non-hydrogen) atoms. The first-order valence-corrected chi connectivity index (χ1v) is 38.3. The molecule has 4 fully saturated rings. The standard InChI is InChI=1S/C63H87N15O16S5/c1-31(2)19-40-57(88)75-45-29-99-97-28-44(55(86)67-23-50(82)69-41(20-33-12-14-35(79)15-13-33)58(89)70-38(56(87)71-40)10-7-8-18-64)74-60(91)46(76-62(93)52(32(3)4)77-51(83)24-66-54(85)39-16-17-49(81)68-39)30-98-96-27-43(53(65)84)73-61(92)47-22-36(80)25-78(47)63(94)42(72-59(45)90)21-34-26-95-48-11-6-5-9-37(34)48/h5-6,9,11-15,26,31-32,36,38-47,52,79-80H,7-8,10,16-25,27-30,64H2,1-4H3,(H2,65,84)(H,66,85)(H,67,86)(H,68,81)(H,69,82)(H,70,89)(H,71,87)(H,72,90)(H,73,92)(H,74,91)(H,75,88)(H,76,93)(H,77,83)/t36-,38+,39+,40+,41+,42+,43+,44+,45+,46+,47+,52+/m1/s1. The number of carbonyl (C=O) groups excluding carboxylic acids is 14. The van der Waals surface area contributed by atoms with Gasteiger partial charge in [0.15, 0.2) is 0 Å². The Morgan fingerprint density at radius 2 is 1.31 bits per heavy atom. The molecule has 4 saturated heterocycles. The van der Waals surface area contributed by atoms with Gasteiger partial charge in [-0.3, -0.25) is 67.1 Å². The zero-order valence-electron chi connectivity index (χ0n) is 55.1. The van der Waals surface area contributed by atoms with Gasteiger partial charge in [0, 0.05) is 59.9 Å². The van der Waals surface area contributed by atoms with E-state index in [-0.39, 0.29) is 98.6 Å². The van der Waals surface area contributed by atoms with E-state index in [9.17, 15) is 67.7 Å². The second kappa shape index (κ2) is 38.1. The molecule has 31 nitrogen and oxygen atoms in total. The molecule has 0 aliphatic carbocycles. The number of nitrogens with two attached hydrogens (primary N) is 2. The molecule has 0 unspecified atom stereocenters. The summed E-state index contributed by atoms with van der Waals surface area (Å²) in [6, 6.07) is -2.47. The summed E-state index contributed by atoms with van der Waals surface area (Å²) in [5.41, 5.74) is 12.8. The van der Waals surface area contributed by atoms with Gasteiger partial charge < -0.3 is 90.4 Å². The van der Waals surface area contributed by atoms with E-state index in [2.05, 4.69) is 63.8 Å². The summed E-state index contributed by atoms with van der Waals surface area (Å²) in [5, 5.41) is 55.4. The summed E-state index contributed by atoms with van der Waals surface area (Å²) in [5.74, 6) is -14.1. The number of amides is 14. The number of unbranched alkanes of at least 4 members (excludes halogenated alkanes) is 1. The number of carbonyl (C=O) groups is 14. The highest BCUT2D eigenvalue weighted by molar-refractivity contribution is 8.77. The number of phenolic OH excluding ortho intramolecular Hbond substituents is 1. The van der Waals surface area contributed by atoms with Crippen molar-refractivity contribution >= 4 is 147 Å². The highest BCUT2D eigenvalue weighted by Crippen LogP contribution is 2.30. The molecule has 540 valence electrons. The maximum absolute atomic E-state index is 15.3. The van der Waals surface area contributed by atoms with Crippen molar-refractivity contribution < 1.29 is 77.3 Å². The summed E-state index contributed by atoms with van der Waals surface area (Å²) in [4.78, 5) is 199. The summed E-state index contributed by atoms with van der Waals surface area (Å²) in [6.45, 7) is 5.20. The topological polar surface area (TPSA) is 479 Å². The van der Waals surface area contributed by atoms with Crippen molar-refractivity contribution in [2.24, 2.45) is 23.3 Å². The van der Waals surface area contributed by atoms with Crippen LogP contribution < -0.4 is 75.3 Å². The Bertz CT molecular complexity index is 3440. The van der Waals surface area contributed by atoms with E-state index in [0.717, 1.165) is 58.2 Å². The largest absolute Gasteiger partial charge is 0.508 e. The van der Waals surface area contributed by atoms with Gasteiger partial charge in [-0.05, 0) is 90.6 Å². The van der Waals surface area contributed by atoms with Crippen molar-refractivity contribution in [3.63, 3.8) is 0 Å². The molecule has 0 saturated carbocycles. The fourth-order valence-corrected chi connectivity index (χ4v) is 16.8. The van der Waals surface area contributed by atoms with Crippen LogP contribution in [-0.2, 0) is 80.0 Å². The van der Waals surface area contributed by atoms with Gasteiger partial charge >= 0.3 is 0 Å². The van der Waals surface area contributed by atoms with Crippen LogP contribution in [0, 0.1) is 11.8 Å². The Kier molecular flexibility index (Phi) is 30.2. The molecule has 3 aromatic rings. The maximum Gasteiger partial charge on any atom is 0.246 e. The van der Waals surface area contributed by atoms with Gasteiger partial charge in [-0.1, -0.05) is 101 Å². The van der Waals surface area contributed by atoms with Gasteiger partial charge in [-0.15, -0.1) is 11.3 Å². The molecule has 7 rings (SSSR count). The Labute approximate surface area is 591 Å². The van der Waals surface area contributed by atoms with E-state index in [1.54, 1.807) is 39.1 Å². The Balaban J connectivity index is 1.28. The first-order chi connectivity index (χ1) is 47.2. The highest BCUT2D eigenvalue weighted by Gasteiger charge is 2.44. The highest BCUT2D eigenvalue weighted by atomic mass is 33.1. The SMILES string of the molecule is CC(C)C[C@@H]1NC(=O)[C@H](CCCCN)NC(=O)[C@H](Cc2ccc(O)cc2)NC(=O)CNC(=O)[C@@H]2CSSC[C@H](NC1=O)C(=O)N[C@@H](Cc1csc3ccccc13)C(=O)N1C[C@H](O)C[C@H]1C(=O)N[C@H](C(N)=O)CSSC[C@H](NC(=O)[C@@H](NC(=O)CNC(=O)[C@@H]1CCC(=O)N1)C(C)C)C(=O)N2. The van der Waals surface area contributed by atoms with Crippen molar-refractivity contribution in [2.75, 3.05) is 49.2 Å². The average molecular weight is 1470 g/mol. The molecule has 2 aromatic carbocycles. The zero-order valence-corrected chi connectivity index (χ0v) is 59.1. The summed E-state index contributed by atoms with van der Waals surface area (Å²) < 4.78 is 0.849. The molecule has 2 bridgehead atoms. The third kappa shape index (κ3) is 23.6. The van der Waals surface area contributed by atoms with Crippen LogP contribution in [0.5, 0.6) is 5.75 Å². The van der Waals surface area contributed by atoms with Crippen molar-refractivity contribution in [3.05, 3.63) is 65.0 Å². The minimum absolute atomic E-state index is 0.00572. The van der Waals surface area contributed by atoms with Gasteiger partial charge in [0.05, 0.1) is 19.2 Å². The number of aromatic hydroxyl groups is 1. The van der Waals surface area contributed by atoms with Crippen LogP contribution in [0.4, 0.5) is 0 Å². The molecule has 1 aromatic heterocycles. The van der Waals surface area contributed by atoms with Crippen molar-refractivity contribution in [1.82, 2.24) is 68.7 Å². The van der Waals surface area contributed by atoms with Crippen LogP contribution in [0.2, 0.25) is 0 Å². The van der Waals surface area contributed by atoms with E-state index in [0.29, 0.717) is 24.0 Å². The Morgan fingerprint density at radius 3 is 1.99 bits per heavy atom. The lowest BCUT2D eigenvalue weighted by molar-refractivity contribution is -0.142. The van der Waals surface area contributed by atoms with Crippen LogP contribution in [0.3, 0.4) is 0 Å². The summed E-state index contributed by atoms with van der Waals surface area (Å²) in [6.07, 6.45) is -0.862. The van der Waals surface area contributed by atoms with Crippen LogP contribution in [0.1, 0.15) is 83.8 Å². The third-order valence-corrected chi connectivity index (χ3v) is 22.4. The smallest absolute Gasteiger partial charge is 0.246 e. The Hall–Kier alpha value is -7.90. The second-order valence-electron chi connectivity index (χ2n) is 25.1. The van der Waals surface area contributed by atoms with Crippen LogP contribution in [0.15, 0.2) is 53.9 Å². The fourth-order valence-electron chi connectivity index (χ4n) is 11.2. The maximum atomic E-state index is 15.3. The molecule has 0 radical (unpaired) electrons. The quantitative estimate of drug-likeness (QED) is 0.0456. The van der Waals surface area contributed by atoms with E-state index >= 15 is 9.59 Å². The minimum atomic E-state index is -1.60. The summed E-state index contributed by atoms with van der Waals surface area (Å²) >= 11 is 1.37. The number of aliphatic hydroxyl groups is 1. The predicted octanol–water partition coefficient (Wildman–Crippen LogP) is -2.67. The van der Waals surface area contributed by atoms with Gasteiger partial charge in [0.25, 0.3) is 0 Å². The second-order valence-corrected chi connectivity index (χ2v) is 31.1. The number of hydrogen-bond acceptors (Lipinski definition) is 22. The molecule has 12 atom stereocenters. The van der Waals surface area contributed by atoms with E-state index < -0.39 is 168 Å². The number of fused-ring (bicyclic) bond motifs is 7. The lowest BCUT2D eigenvalue weighted by atomic mass is 10.0. The number of phenols is 1. The normalized spacial score (nSPS) is 25.9. The van der Waals surface area contributed by atoms with Gasteiger partial charge in [-0.2, -0.15) is 0 Å². The number of aliphatic hydroxyl groups excluding tert-OH is 1.